The first-order chi connectivity index (χ1) is 14.4. The summed E-state index contributed by atoms with van der Waals surface area (Å²) >= 11 is 2.79. The molecular weight excluding hydrogens is 420 g/mol. The smallest absolute Gasteiger partial charge is 0.328 e. The molecule has 2 aromatic heterocycles. The molecule has 2 N–H and O–H groups in total. The molecule has 7 heteroatoms. The maximum atomic E-state index is 13.2. The molecule has 150 valence electrons. The molecule has 0 saturated carbocycles. The number of fused-ring (bicyclic) bond motifs is 1. The van der Waals surface area contributed by atoms with Gasteiger partial charge < -0.3 is 14.9 Å². The van der Waals surface area contributed by atoms with Crippen molar-refractivity contribution in [2.24, 2.45) is 0 Å². The molecule has 0 aliphatic carbocycles. The van der Waals surface area contributed by atoms with E-state index in [-0.39, 0.29) is 11.5 Å². The van der Waals surface area contributed by atoms with Crippen molar-refractivity contribution in [1.29, 1.82) is 0 Å². The number of ketones is 1. The van der Waals surface area contributed by atoms with Gasteiger partial charge in [0.1, 0.15) is 16.4 Å². The number of carbonyl (C=O) groups is 2. The lowest BCUT2D eigenvalue weighted by Gasteiger charge is -2.08. The summed E-state index contributed by atoms with van der Waals surface area (Å²) in [5, 5.41) is 21.2. The Morgan fingerprint density at radius 2 is 1.83 bits per heavy atom. The fraction of sp³-hybridized carbons (Fsp3) is 0.0435. The highest BCUT2D eigenvalue weighted by Gasteiger charge is 2.23. The van der Waals surface area contributed by atoms with Crippen LogP contribution in [0.3, 0.4) is 0 Å². The van der Waals surface area contributed by atoms with Crippen LogP contribution in [-0.2, 0) is 4.79 Å². The summed E-state index contributed by atoms with van der Waals surface area (Å²) < 4.78 is 6.87. The summed E-state index contributed by atoms with van der Waals surface area (Å²) in [6.45, 7) is 1.90. The first kappa shape index (κ1) is 19.9. The maximum Gasteiger partial charge on any atom is 0.328 e. The Morgan fingerprint density at radius 1 is 1.07 bits per heavy atom. The van der Waals surface area contributed by atoms with Crippen molar-refractivity contribution in [1.82, 2.24) is 0 Å². The summed E-state index contributed by atoms with van der Waals surface area (Å²) in [4.78, 5) is 25.3. The van der Waals surface area contributed by atoms with Gasteiger partial charge in [-0.1, -0.05) is 12.1 Å². The first-order valence-electron chi connectivity index (χ1n) is 8.95. The van der Waals surface area contributed by atoms with E-state index in [2.05, 4.69) is 0 Å². The molecule has 30 heavy (non-hydrogen) atoms. The molecule has 0 fully saturated rings. The van der Waals surface area contributed by atoms with Crippen LogP contribution in [0.2, 0.25) is 0 Å². The highest BCUT2D eigenvalue weighted by atomic mass is 32.1. The van der Waals surface area contributed by atoms with Crippen LogP contribution in [0.25, 0.3) is 16.2 Å². The average Bonchev–Trinajstić information content (AvgIpc) is 3.30. The number of phenolic OH excluding ortho intramolecular Hbond substituents is 1. The van der Waals surface area contributed by atoms with Crippen molar-refractivity contribution < 1.29 is 24.5 Å². The molecular formula is C23H16O5S2. The lowest BCUT2D eigenvalue weighted by Crippen LogP contribution is -2.00. The van der Waals surface area contributed by atoms with Crippen molar-refractivity contribution in [3.8, 4) is 17.2 Å². The van der Waals surface area contributed by atoms with E-state index in [1.165, 1.54) is 28.7 Å². The van der Waals surface area contributed by atoms with Gasteiger partial charge in [0.05, 0.1) is 0 Å². The van der Waals surface area contributed by atoms with E-state index in [9.17, 15) is 14.7 Å². The Bertz CT molecular complexity index is 1280. The summed E-state index contributed by atoms with van der Waals surface area (Å²) in [5.74, 6) is -0.0537. The van der Waals surface area contributed by atoms with Crippen LogP contribution in [0.4, 0.5) is 0 Å². The second kappa shape index (κ2) is 8.14. The highest BCUT2D eigenvalue weighted by Crippen LogP contribution is 2.43. The zero-order valence-electron chi connectivity index (χ0n) is 15.8. The SMILES string of the molecule is Cc1sccc1C(=O)c1sc2cc(O)ccc2c1Oc1ccc(/C=C/C(=O)O)cc1. The van der Waals surface area contributed by atoms with E-state index in [0.29, 0.717) is 21.9 Å². The van der Waals surface area contributed by atoms with Gasteiger partial charge in [0.2, 0.25) is 5.78 Å². The second-order valence-electron chi connectivity index (χ2n) is 6.50. The number of ether oxygens (including phenoxy) is 1. The Hall–Kier alpha value is -3.42. The number of rotatable bonds is 6. The molecule has 0 radical (unpaired) electrons. The number of aromatic hydroxyl groups is 1. The van der Waals surface area contributed by atoms with Gasteiger partial charge >= 0.3 is 5.97 Å². The van der Waals surface area contributed by atoms with Gasteiger partial charge in [-0.3, -0.25) is 4.79 Å². The van der Waals surface area contributed by atoms with Crippen LogP contribution in [0.1, 0.15) is 25.7 Å². The third kappa shape index (κ3) is 3.98. The van der Waals surface area contributed by atoms with Gasteiger partial charge in [-0.15, -0.1) is 22.7 Å². The van der Waals surface area contributed by atoms with E-state index in [1.807, 2.05) is 12.3 Å². The number of hydrogen-bond acceptors (Lipinski definition) is 6. The number of carboxylic acid groups (broad SMARTS) is 1. The largest absolute Gasteiger partial charge is 0.508 e. The molecule has 0 saturated heterocycles. The van der Waals surface area contributed by atoms with Gasteiger partial charge in [-0.05, 0) is 60.3 Å². The van der Waals surface area contributed by atoms with E-state index >= 15 is 0 Å². The molecule has 5 nitrogen and oxygen atoms in total. The minimum atomic E-state index is -1.02. The van der Waals surface area contributed by atoms with Crippen molar-refractivity contribution in [2.75, 3.05) is 0 Å². The second-order valence-corrected chi connectivity index (χ2v) is 8.68. The zero-order valence-corrected chi connectivity index (χ0v) is 17.4. The molecule has 0 unspecified atom stereocenters. The molecule has 2 heterocycles. The maximum absolute atomic E-state index is 13.2. The number of carboxylic acids is 1. The third-order valence-corrected chi connectivity index (χ3v) is 6.43. The molecule has 0 amide bonds. The predicted molar refractivity (Wildman–Crippen MR) is 119 cm³/mol. The van der Waals surface area contributed by atoms with Gasteiger partial charge in [0, 0.05) is 26.6 Å². The monoisotopic (exact) mass is 436 g/mol. The topological polar surface area (TPSA) is 83.8 Å². The van der Waals surface area contributed by atoms with E-state index in [4.69, 9.17) is 9.84 Å². The van der Waals surface area contributed by atoms with E-state index < -0.39 is 5.97 Å². The summed E-state index contributed by atoms with van der Waals surface area (Å²) in [6, 6.07) is 13.6. The highest BCUT2D eigenvalue weighted by molar-refractivity contribution is 7.21. The summed E-state index contributed by atoms with van der Waals surface area (Å²) in [7, 11) is 0. The zero-order chi connectivity index (χ0) is 21.3. The van der Waals surface area contributed by atoms with Crippen LogP contribution >= 0.6 is 22.7 Å². The number of carbonyl (C=O) groups excluding carboxylic acids is 1. The van der Waals surface area contributed by atoms with Gasteiger partial charge in [0.15, 0.2) is 5.75 Å². The Kier molecular flexibility index (Phi) is 5.39. The van der Waals surface area contributed by atoms with Gasteiger partial charge in [-0.2, -0.15) is 0 Å². The van der Waals surface area contributed by atoms with Crippen LogP contribution in [0, 0.1) is 6.92 Å². The van der Waals surface area contributed by atoms with Crippen LogP contribution in [-0.4, -0.2) is 22.0 Å². The normalized spacial score (nSPS) is 11.2. The number of phenols is 1. The number of aryl methyl sites for hydroxylation is 1. The average molecular weight is 437 g/mol. The number of hydrogen-bond donors (Lipinski definition) is 2. The van der Waals surface area contributed by atoms with Crippen molar-refractivity contribution in [2.45, 2.75) is 6.92 Å². The fourth-order valence-electron chi connectivity index (χ4n) is 2.99. The number of benzene rings is 2. The Labute approximate surface area is 180 Å². The number of aliphatic carboxylic acids is 1. The van der Waals surface area contributed by atoms with Crippen molar-refractivity contribution in [3.63, 3.8) is 0 Å². The standard InChI is InChI=1S/C23H16O5S2/c1-13-17(10-11-29-13)21(27)23-22(18-8-5-15(24)12-19(18)30-23)28-16-6-2-14(3-7-16)4-9-20(25)26/h2-12,24H,1H3,(H,25,26)/b9-4+. The van der Waals surface area contributed by atoms with E-state index in [1.54, 1.807) is 48.5 Å². The van der Waals surface area contributed by atoms with Gasteiger partial charge in [0.25, 0.3) is 0 Å². The summed E-state index contributed by atoms with van der Waals surface area (Å²) in [5.41, 5.74) is 1.35. The molecule has 0 aliphatic heterocycles. The fourth-order valence-corrected chi connectivity index (χ4v) is 4.80. The molecule has 0 spiro atoms. The van der Waals surface area contributed by atoms with Gasteiger partial charge in [-0.25, -0.2) is 4.79 Å². The Morgan fingerprint density at radius 3 is 2.50 bits per heavy atom. The quantitative estimate of drug-likeness (QED) is 0.282. The van der Waals surface area contributed by atoms with Crippen LogP contribution in [0.15, 0.2) is 60.0 Å². The molecule has 0 bridgehead atoms. The number of thiophene rings is 2. The first-order valence-corrected chi connectivity index (χ1v) is 10.7. The minimum absolute atomic E-state index is 0.120. The van der Waals surface area contributed by atoms with E-state index in [0.717, 1.165) is 26.6 Å². The van der Waals surface area contributed by atoms with Crippen LogP contribution in [0.5, 0.6) is 17.2 Å². The molecule has 4 rings (SSSR count). The van der Waals surface area contributed by atoms with Crippen LogP contribution < -0.4 is 4.74 Å². The Balaban J connectivity index is 1.75. The summed E-state index contributed by atoms with van der Waals surface area (Å²) in [6.07, 6.45) is 2.55. The lowest BCUT2D eigenvalue weighted by atomic mass is 10.1. The van der Waals surface area contributed by atoms with Crippen molar-refractivity contribution in [3.05, 3.63) is 80.9 Å². The minimum Gasteiger partial charge on any atom is -0.508 e. The predicted octanol–water partition coefficient (Wildman–Crippen LogP) is 6.10. The molecule has 2 aromatic carbocycles. The molecule has 0 aliphatic rings. The molecule has 4 aromatic rings. The third-order valence-electron chi connectivity index (χ3n) is 4.46. The van der Waals surface area contributed by atoms with Crippen molar-refractivity contribution >= 4 is 50.6 Å². The molecule has 0 atom stereocenters. The lowest BCUT2D eigenvalue weighted by molar-refractivity contribution is -0.131.